The minimum Gasteiger partial charge on any atom is -0.330 e. The molecule has 0 saturated heterocycles. The van der Waals surface area contributed by atoms with Gasteiger partial charge in [0.15, 0.2) is 0 Å². The summed E-state index contributed by atoms with van der Waals surface area (Å²) in [6.45, 7) is 2.61. The summed E-state index contributed by atoms with van der Waals surface area (Å²) in [5.74, 6) is -0.260. The summed E-state index contributed by atoms with van der Waals surface area (Å²) in [6.07, 6.45) is 3.60. The first-order chi connectivity index (χ1) is 8.24. The molecule has 0 spiro atoms. The Labute approximate surface area is 100 Å². The van der Waals surface area contributed by atoms with Crippen molar-refractivity contribution < 1.29 is 4.39 Å². The second kappa shape index (κ2) is 5.10. The maximum atomic E-state index is 13.6. The molecule has 0 unspecified atom stereocenters. The van der Waals surface area contributed by atoms with E-state index in [1.807, 2.05) is 6.92 Å². The SMILES string of the molecule is Cc1c(CCCN)cnn1-c1ccccc1F. The van der Waals surface area contributed by atoms with Crippen LogP contribution in [-0.2, 0) is 6.42 Å². The van der Waals surface area contributed by atoms with Crippen LogP contribution < -0.4 is 5.73 Å². The molecule has 1 aromatic carbocycles. The standard InChI is InChI=1S/C13H16FN3/c1-10-11(5-4-8-15)9-16-17(10)13-7-3-2-6-12(13)14/h2-3,6-7,9H,4-5,8,15H2,1H3. The van der Waals surface area contributed by atoms with Gasteiger partial charge in [-0.3, -0.25) is 0 Å². The number of halogens is 1. The Bertz CT molecular complexity index is 505. The smallest absolute Gasteiger partial charge is 0.148 e. The molecule has 0 amide bonds. The van der Waals surface area contributed by atoms with Gasteiger partial charge in [-0.1, -0.05) is 12.1 Å². The molecule has 1 heterocycles. The molecule has 0 aliphatic carbocycles. The molecule has 2 rings (SSSR count). The van der Waals surface area contributed by atoms with E-state index in [-0.39, 0.29) is 5.82 Å². The Balaban J connectivity index is 2.34. The zero-order valence-electron chi connectivity index (χ0n) is 9.86. The van der Waals surface area contributed by atoms with Crippen LogP contribution >= 0.6 is 0 Å². The molecule has 0 atom stereocenters. The van der Waals surface area contributed by atoms with Gasteiger partial charge in [0.1, 0.15) is 11.5 Å². The topological polar surface area (TPSA) is 43.8 Å². The van der Waals surface area contributed by atoms with Gasteiger partial charge in [-0.25, -0.2) is 9.07 Å². The van der Waals surface area contributed by atoms with Crippen LogP contribution in [0.4, 0.5) is 4.39 Å². The number of hydrogen-bond donors (Lipinski definition) is 1. The van der Waals surface area contributed by atoms with Crippen molar-refractivity contribution in [3.05, 3.63) is 47.5 Å². The minimum atomic E-state index is -0.260. The first-order valence-electron chi connectivity index (χ1n) is 5.72. The van der Waals surface area contributed by atoms with E-state index in [2.05, 4.69) is 5.10 Å². The number of para-hydroxylation sites is 1. The maximum absolute atomic E-state index is 13.6. The zero-order chi connectivity index (χ0) is 12.3. The van der Waals surface area contributed by atoms with E-state index in [4.69, 9.17) is 5.73 Å². The van der Waals surface area contributed by atoms with Crippen molar-refractivity contribution in [1.82, 2.24) is 9.78 Å². The van der Waals surface area contributed by atoms with Crippen LogP contribution in [0.2, 0.25) is 0 Å². The first kappa shape index (κ1) is 11.8. The maximum Gasteiger partial charge on any atom is 0.148 e. The second-order valence-electron chi connectivity index (χ2n) is 4.01. The number of hydrogen-bond acceptors (Lipinski definition) is 2. The van der Waals surface area contributed by atoms with Crippen LogP contribution in [-0.4, -0.2) is 16.3 Å². The van der Waals surface area contributed by atoms with Gasteiger partial charge in [0, 0.05) is 5.69 Å². The van der Waals surface area contributed by atoms with E-state index in [0.29, 0.717) is 12.2 Å². The lowest BCUT2D eigenvalue weighted by Crippen LogP contribution is -2.03. The highest BCUT2D eigenvalue weighted by Crippen LogP contribution is 2.17. The molecule has 2 aromatic rings. The minimum absolute atomic E-state index is 0.260. The van der Waals surface area contributed by atoms with Crippen molar-refractivity contribution in [3.8, 4) is 5.69 Å². The molecule has 1 aromatic heterocycles. The number of aromatic nitrogens is 2. The summed E-state index contributed by atoms with van der Waals surface area (Å²) >= 11 is 0. The van der Waals surface area contributed by atoms with Gasteiger partial charge in [-0.05, 0) is 44.0 Å². The lowest BCUT2D eigenvalue weighted by molar-refractivity contribution is 0.608. The lowest BCUT2D eigenvalue weighted by Gasteiger charge is -2.06. The summed E-state index contributed by atoms with van der Waals surface area (Å²) in [5, 5.41) is 4.24. The highest BCUT2D eigenvalue weighted by molar-refractivity contribution is 5.36. The number of benzene rings is 1. The van der Waals surface area contributed by atoms with Crippen molar-refractivity contribution in [2.75, 3.05) is 6.54 Å². The van der Waals surface area contributed by atoms with Crippen LogP contribution in [0.3, 0.4) is 0 Å². The van der Waals surface area contributed by atoms with Gasteiger partial charge < -0.3 is 5.73 Å². The fourth-order valence-corrected chi connectivity index (χ4v) is 1.85. The molecule has 3 nitrogen and oxygen atoms in total. The Morgan fingerprint density at radius 2 is 2.12 bits per heavy atom. The van der Waals surface area contributed by atoms with Crippen molar-refractivity contribution >= 4 is 0 Å². The van der Waals surface area contributed by atoms with E-state index in [1.54, 1.807) is 29.1 Å². The van der Waals surface area contributed by atoms with Gasteiger partial charge in [0.2, 0.25) is 0 Å². The third kappa shape index (κ3) is 2.36. The van der Waals surface area contributed by atoms with Gasteiger partial charge in [-0.2, -0.15) is 5.10 Å². The molecule has 4 heteroatoms. The van der Waals surface area contributed by atoms with Crippen LogP contribution in [0.15, 0.2) is 30.5 Å². The molecule has 0 radical (unpaired) electrons. The summed E-state index contributed by atoms with van der Waals surface area (Å²) in [6, 6.07) is 6.64. The summed E-state index contributed by atoms with van der Waals surface area (Å²) < 4.78 is 15.3. The summed E-state index contributed by atoms with van der Waals surface area (Å²) in [4.78, 5) is 0. The average molecular weight is 233 g/mol. The van der Waals surface area contributed by atoms with E-state index in [1.165, 1.54) is 6.07 Å². The van der Waals surface area contributed by atoms with Crippen LogP contribution in [0.5, 0.6) is 0 Å². The fraction of sp³-hybridized carbons (Fsp3) is 0.308. The second-order valence-corrected chi connectivity index (χ2v) is 4.01. The monoisotopic (exact) mass is 233 g/mol. The Hall–Kier alpha value is -1.68. The number of nitrogens with two attached hydrogens (primary N) is 1. The van der Waals surface area contributed by atoms with E-state index in [9.17, 15) is 4.39 Å². The molecule has 17 heavy (non-hydrogen) atoms. The summed E-state index contributed by atoms with van der Waals surface area (Å²) in [7, 11) is 0. The molecule has 0 fully saturated rings. The van der Waals surface area contributed by atoms with E-state index in [0.717, 1.165) is 24.1 Å². The normalized spacial score (nSPS) is 10.8. The molecule has 0 saturated carbocycles. The largest absolute Gasteiger partial charge is 0.330 e. The fourth-order valence-electron chi connectivity index (χ4n) is 1.85. The highest BCUT2D eigenvalue weighted by atomic mass is 19.1. The highest BCUT2D eigenvalue weighted by Gasteiger charge is 2.10. The number of nitrogens with zero attached hydrogens (tertiary/aromatic N) is 2. The molecular formula is C13H16FN3. The third-order valence-corrected chi connectivity index (χ3v) is 2.84. The van der Waals surface area contributed by atoms with Crippen LogP contribution in [0.1, 0.15) is 17.7 Å². The Morgan fingerprint density at radius 1 is 1.35 bits per heavy atom. The van der Waals surface area contributed by atoms with E-state index >= 15 is 0 Å². The van der Waals surface area contributed by atoms with Gasteiger partial charge >= 0.3 is 0 Å². The van der Waals surface area contributed by atoms with Crippen molar-refractivity contribution in [2.45, 2.75) is 19.8 Å². The zero-order valence-corrected chi connectivity index (χ0v) is 9.86. The molecule has 0 bridgehead atoms. The van der Waals surface area contributed by atoms with Crippen molar-refractivity contribution in [1.29, 1.82) is 0 Å². The molecular weight excluding hydrogens is 217 g/mol. The number of aryl methyl sites for hydroxylation is 1. The molecule has 90 valence electrons. The van der Waals surface area contributed by atoms with Gasteiger partial charge in [0.05, 0.1) is 6.20 Å². The van der Waals surface area contributed by atoms with Crippen molar-refractivity contribution in [2.24, 2.45) is 5.73 Å². The Morgan fingerprint density at radius 3 is 2.82 bits per heavy atom. The Kier molecular flexibility index (Phi) is 3.54. The summed E-state index contributed by atoms with van der Waals surface area (Å²) in [5.41, 5.74) is 8.07. The third-order valence-electron chi connectivity index (χ3n) is 2.84. The predicted octanol–water partition coefficient (Wildman–Crippen LogP) is 2.21. The lowest BCUT2D eigenvalue weighted by atomic mass is 10.1. The quantitative estimate of drug-likeness (QED) is 0.879. The predicted molar refractivity (Wildman–Crippen MR) is 65.6 cm³/mol. The first-order valence-corrected chi connectivity index (χ1v) is 5.72. The van der Waals surface area contributed by atoms with Crippen LogP contribution in [0.25, 0.3) is 5.69 Å². The van der Waals surface area contributed by atoms with Gasteiger partial charge in [-0.15, -0.1) is 0 Å². The molecule has 0 aliphatic heterocycles. The van der Waals surface area contributed by atoms with Gasteiger partial charge in [0.25, 0.3) is 0 Å². The molecule has 2 N–H and O–H groups in total. The number of rotatable bonds is 4. The van der Waals surface area contributed by atoms with Crippen molar-refractivity contribution in [3.63, 3.8) is 0 Å². The average Bonchev–Trinajstić information content (AvgIpc) is 2.69. The van der Waals surface area contributed by atoms with Crippen LogP contribution in [0, 0.1) is 12.7 Å². The van der Waals surface area contributed by atoms with E-state index < -0.39 is 0 Å². The molecule has 0 aliphatic rings.